The number of amides is 1. The Balaban J connectivity index is 1.91. The van der Waals surface area contributed by atoms with Gasteiger partial charge in [-0.1, -0.05) is 54.3 Å². The molecule has 0 radical (unpaired) electrons. The van der Waals surface area contributed by atoms with Gasteiger partial charge in [0, 0.05) is 0 Å². The standard InChI is InChI=1S/C20H19NO2S2/c1-4-23-16-10-8-15(9-11-16)12-17-19(22)21(20(24)25-17)18-13(2)6-5-7-14(18)3/h5-12H,4H2,1-3H3/b17-12-. The number of benzene rings is 2. The van der Waals surface area contributed by atoms with Gasteiger partial charge in [-0.05, 0) is 55.7 Å². The van der Waals surface area contributed by atoms with Gasteiger partial charge in [-0.25, -0.2) is 0 Å². The zero-order chi connectivity index (χ0) is 18.0. The first-order chi connectivity index (χ1) is 12.0. The number of thiocarbonyl (C=S) groups is 1. The second-order valence-corrected chi connectivity index (χ2v) is 7.44. The van der Waals surface area contributed by atoms with Crippen molar-refractivity contribution in [3.63, 3.8) is 0 Å². The van der Waals surface area contributed by atoms with E-state index < -0.39 is 0 Å². The highest BCUT2D eigenvalue weighted by Gasteiger charge is 2.34. The van der Waals surface area contributed by atoms with Crippen LogP contribution in [0.15, 0.2) is 47.4 Å². The van der Waals surface area contributed by atoms with Crippen molar-refractivity contribution in [1.29, 1.82) is 0 Å². The lowest BCUT2D eigenvalue weighted by atomic mass is 10.1. The average Bonchev–Trinajstić information content (AvgIpc) is 2.84. The predicted molar refractivity (Wildman–Crippen MR) is 109 cm³/mol. The molecule has 1 amide bonds. The lowest BCUT2D eigenvalue weighted by molar-refractivity contribution is -0.113. The maximum absolute atomic E-state index is 12.9. The molecule has 1 fully saturated rings. The van der Waals surface area contributed by atoms with Crippen LogP contribution in [0.25, 0.3) is 6.08 Å². The Morgan fingerprint density at radius 2 is 1.76 bits per heavy atom. The molecule has 2 aromatic rings. The molecule has 3 rings (SSSR count). The minimum absolute atomic E-state index is 0.0683. The van der Waals surface area contributed by atoms with Crippen LogP contribution in [0.2, 0.25) is 0 Å². The molecule has 25 heavy (non-hydrogen) atoms. The van der Waals surface area contributed by atoms with Crippen LogP contribution < -0.4 is 9.64 Å². The van der Waals surface area contributed by atoms with Crippen LogP contribution in [0.3, 0.4) is 0 Å². The fourth-order valence-electron chi connectivity index (χ4n) is 2.80. The molecule has 0 N–H and O–H groups in total. The van der Waals surface area contributed by atoms with Gasteiger partial charge >= 0.3 is 0 Å². The van der Waals surface area contributed by atoms with Gasteiger partial charge in [0.2, 0.25) is 0 Å². The highest BCUT2D eigenvalue weighted by Crippen LogP contribution is 2.38. The Morgan fingerprint density at radius 3 is 2.36 bits per heavy atom. The normalized spacial score (nSPS) is 16.0. The summed E-state index contributed by atoms with van der Waals surface area (Å²) in [5, 5.41) is 0. The highest BCUT2D eigenvalue weighted by molar-refractivity contribution is 8.27. The SMILES string of the molecule is CCOc1ccc(/C=C2\SC(=S)N(c3c(C)cccc3C)C2=O)cc1. The fourth-order valence-corrected chi connectivity index (χ4v) is 4.07. The van der Waals surface area contributed by atoms with Crippen LogP contribution in [-0.4, -0.2) is 16.8 Å². The molecule has 0 unspecified atom stereocenters. The number of anilines is 1. The molecule has 3 nitrogen and oxygen atoms in total. The molecule has 0 aromatic heterocycles. The fraction of sp³-hybridized carbons (Fsp3) is 0.200. The third-order valence-electron chi connectivity index (χ3n) is 3.95. The second-order valence-electron chi connectivity index (χ2n) is 5.76. The van der Waals surface area contributed by atoms with Gasteiger partial charge in [-0.3, -0.25) is 9.69 Å². The molecule has 1 aliphatic heterocycles. The summed E-state index contributed by atoms with van der Waals surface area (Å²) in [6.07, 6.45) is 1.88. The lowest BCUT2D eigenvalue weighted by Crippen LogP contribution is -2.29. The first-order valence-corrected chi connectivity index (χ1v) is 9.30. The Morgan fingerprint density at radius 1 is 1.12 bits per heavy atom. The first kappa shape index (κ1) is 17.7. The minimum atomic E-state index is -0.0683. The number of ether oxygens (including phenoxy) is 1. The molecular formula is C20H19NO2S2. The molecule has 0 bridgehead atoms. The van der Waals surface area contributed by atoms with Crippen molar-refractivity contribution < 1.29 is 9.53 Å². The molecule has 128 valence electrons. The molecular weight excluding hydrogens is 350 g/mol. The quantitative estimate of drug-likeness (QED) is 0.553. The van der Waals surface area contributed by atoms with Crippen molar-refractivity contribution in [1.82, 2.24) is 0 Å². The van der Waals surface area contributed by atoms with E-state index in [1.165, 1.54) is 11.8 Å². The number of para-hydroxylation sites is 1. The van der Waals surface area contributed by atoms with Gasteiger partial charge in [-0.2, -0.15) is 0 Å². The van der Waals surface area contributed by atoms with Crippen molar-refractivity contribution in [3.05, 3.63) is 64.1 Å². The van der Waals surface area contributed by atoms with Gasteiger partial charge in [0.05, 0.1) is 17.2 Å². The summed E-state index contributed by atoms with van der Waals surface area (Å²) in [5.74, 6) is 0.754. The number of carbonyl (C=O) groups is 1. The third kappa shape index (κ3) is 3.62. The van der Waals surface area contributed by atoms with Crippen LogP contribution in [0.4, 0.5) is 5.69 Å². The molecule has 5 heteroatoms. The molecule has 0 spiro atoms. The molecule has 1 aliphatic rings. The summed E-state index contributed by atoms with van der Waals surface area (Å²) in [6.45, 7) is 6.58. The van der Waals surface area contributed by atoms with Crippen molar-refractivity contribution in [3.8, 4) is 5.75 Å². The van der Waals surface area contributed by atoms with Gasteiger partial charge in [0.1, 0.15) is 5.75 Å². The molecule has 0 saturated carbocycles. The Bertz CT molecular complexity index is 836. The summed E-state index contributed by atoms with van der Waals surface area (Å²) in [4.78, 5) is 15.2. The van der Waals surface area contributed by atoms with Crippen LogP contribution in [0.1, 0.15) is 23.6 Å². The van der Waals surface area contributed by atoms with Crippen LogP contribution in [0.5, 0.6) is 5.75 Å². The smallest absolute Gasteiger partial charge is 0.270 e. The monoisotopic (exact) mass is 369 g/mol. The number of carbonyl (C=O) groups excluding carboxylic acids is 1. The Labute approximate surface area is 157 Å². The molecule has 1 heterocycles. The van der Waals surface area contributed by atoms with Crippen molar-refractivity contribution in [2.24, 2.45) is 0 Å². The van der Waals surface area contributed by atoms with E-state index in [0.717, 1.165) is 28.1 Å². The van der Waals surface area contributed by atoms with E-state index in [2.05, 4.69) is 0 Å². The predicted octanol–water partition coefficient (Wildman–Crippen LogP) is 5.11. The Hall–Kier alpha value is -2.11. The van der Waals surface area contributed by atoms with Crippen LogP contribution in [-0.2, 0) is 4.79 Å². The number of rotatable bonds is 4. The topological polar surface area (TPSA) is 29.5 Å². The van der Waals surface area contributed by atoms with E-state index in [4.69, 9.17) is 17.0 Å². The Kier molecular flexibility index (Phi) is 5.25. The summed E-state index contributed by atoms with van der Waals surface area (Å²) < 4.78 is 6.02. The van der Waals surface area contributed by atoms with E-state index in [-0.39, 0.29) is 5.91 Å². The number of hydrogen-bond donors (Lipinski definition) is 0. The zero-order valence-electron chi connectivity index (χ0n) is 14.4. The maximum atomic E-state index is 12.9. The summed E-state index contributed by atoms with van der Waals surface area (Å²) in [5.41, 5.74) is 3.92. The summed E-state index contributed by atoms with van der Waals surface area (Å²) in [7, 11) is 0. The number of aryl methyl sites for hydroxylation is 2. The maximum Gasteiger partial charge on any atom is 0.270 e. The third-order valence-corrected chi connectivity index (χ3v) is 5.25. The van der Waals surface area contributed by atoms with E-state index in [9.17, 15) is 4.79 Å². The van der Waals surface area contributed by atoms with Gasteiger partial charge < -0.3 is 4.74 Å². The summed E-state index contributed by atoms with van der Waals surface area (Å²) in [6, 6.07) is 13.7. The number of nitrogens with zero attached hydrogens (tertiary/aromatic N) is 1. The highest BCUT2D eigenvalue weighted by atomic mass is 32.2. The average molecular weight is 370 g/mol. The summed E-state index contributed by atoms with van der Waals surface area (Å²) >= 11 is 6.82. The molecule has 0 aliphatic carbocycles. The van der Waals surface area contributed by atoms with E-state index in [1.54, 1.807) is 4.90 Å². The van der Waals surface area contributed by atoms with E-state index >= 15 is 0 Å². The zero-order valence-corrected chi connectivity index (χ0v) is 16.0. The van der Waals surface area contributed by atoms with Crippen LogP contribution in [0, 0.1) is 13.8 Å². The van der Waals surface area contributed by atoms with E-state index in [0.29, 0.717) is 15.8 Å². The van der Waals surface area contributed by atoms with Crippen molar-refractivity contribution in [2.75, 3.05) is 11.5 Å². The van der Waals surface area contributed by atoms with Crippen LogP contribution >= 0.6 is 24.0 Å². The molecule has 1 saturated heterocycles. The molecule has 0 atom stereocenters. The number of hydrogen-bond acceptors (Lipinski definition) is 4. The number of thioether (sulfide) groups is 1. The van der Waals surface area contributed by atoms with Crippen molar-refractivity contribution in [2.45, 2.75) is 20.8 Å². The van der Waals surface area contributed by atoms with E-state index in [1.807, 2.05) is 69.3 Å². The first-order valence-electron chi connectivity index (χ1n) is 8.08. The minimum Gasteiger partial charge on any atom is -0.494 e. The lowest BCUT2D eigenvalue weighted by Gasteiger charge is -2.19. The van der Waals surface area contributed by atoms with Gasteiger partial charge in [-0.15, -0.1) is 0 Å². The van der Waals surface area contributed by atoms with Crippen molar-refractivity contribution >= 4 is 46.0 Å². The second kappa shape index (κ2) is 7.42. The molecule has 2 aromatic carbocycles. The van der Waals surface area contributed by atoms with Gasteiger partial charge in [0.15, 0.2) is 4.32 Å². The largest absolute Gasteiger partial charge is 0.494 e. The van der Waals surface area contributed by atoms with Gasteiger partial charge in [0.25, 0.3) is 5.91 Å².